The third-order valence-electron chi connectivity index (χ3n) is 6.17. The summed E-state index contributed by atoms with van der Waals surface area (Å²) in [4.78, 5) is 14.8. The summed E-state index contributed by atoms with van der Waals surface area (Å²) in [7, 11) is -3.20. The van der Waals surface area contributed by atoms with Gasteiger partial charge < -0.3 is 4.90 Å². The summed E-state index contributed by atoms with van der Waals surface area (Å²) in [5.41, 5.74) is 0.693. The minimum Gasteiger partial charge on any atom is -0.323 e. The van der Waals surface area contributed by atoms with E-state index in [0.717, 1.165) is 36.0 Å². The van der Waals surface area contributed by atoms with Crippen LogP contribution in [-0.2, 0) is 10.0 Å². The fourth-order valence-corrected chi connectivity index (χ4v) is 7.65. The van der Waals surface area contributed by atoms with Gasteiger partial charge in [0.25, 0.3) is 5.91 Å². The molecule has 0 aromatic heterocycles. The van der Waals surface area contributed by atoms with Crippen LogP contribution in [0.1, 0.15) is 68.6 Å². The van der Waals surface area contributed by atoms with Gasteiger partial charge in [-0.25, -0.2) is 12.7 Å². The Balaban J connectivity index is 1.55. The van der Waals surface area contributed by atoms with Crippen molar-refractivity contribution in [3.63, 3.8) is 0 Å². The Morgan fingerprint density at radius 2 is 1.67 bits per heavy atom. The van der Waals surface area contributed by atoms with Crippen molar-refractivity contribution in [2.45, 2.75) is 63.2 Å². The number of benzene rings is 1. The first-order chi connectivity index (χ1) is 14.4. The van der Waals surface area contributed by atoms with Crippen LogP contribution in [0.4, 0.5) is 0 Å². The first-order valence-electron chi connectivity index (χ1n) is 11.1. The van der Waals surface area contributed by atoms with Gasteiger partial charge >= 0.3 is 0 Å². The molecule has 30 heavy (non-hydrogen) atoms. The molecule has 1 aromatic carbocycles. The van der Waals surface area contributed by atoms with Crippen LogP contribution in [0.25, 0.3) is 0 Å². The maximum Gasteiger partial charge on any atom is 0.254 e. The number of hydrogen-bond acceptors (Lipinski definition) is 4. The predicted octanol–water partition coefficient (Wildman–Crippen LogP) is 5.12. The highest BCUT2D eigenvalue weighted by molar-refractivity contribution is 9.10. The number of sulfonamides is 1. The van der Waals surface area contributed by atoms with E-state index in [0.29, 0.717) is 31.5 Å². The summed E-state index contributed by atoms with van der Waals surface area (Å²) in [6.45, 7) is 3.93. The summed E-state index contributed by atoms with van der Waals surface area (Å²) in [5.74, 6) is 1.21. The molecule has 8 heteroatoms. The molecule has 0 saturated carbocycles. The molecular weight excluding hydrogens is 484 g/mol. The lowest BCUT2D eigenvalue weighted by atomic mass is 10.0. The molecule has 5 nitrogen and oxygen atoms in total. The third kappa shape index (κ3) is 5.81. The molecule has 168 valence electrons. The van der Waals surface area contributed by atoms with E-state index in [-0.39, 0.29) is 16.5 Å². The first-order valence-corrected chi connectivity index (χ1v) is 14.5. The molecule has 1 amide bonds. The maximum atomic E-state index is 13.1. The van der Waals surface area contributed by atoms with Gasteiger partial charge in [0.2, 0.25) is 10.0 Å². The number of amides is 1. The zero-order chi connectivity index (χ0) is 21.6. The van der Waals surface area contributed by atoms with E-state index in [1.54, 1.807) is 4.31 Å². The van der Waals surface area contributed by atoms with E-state index < -0.39 is 10.0 Å². The van der Waals surface area contributed by atoms with Crippen LogP contribution in [-0.4, -0.2) is 59.5 Å². The summed E-state index contributed by atoms with van der Waals surface area (Å²) < 4.78 is 28.2. The molecule has 0 atom stereocenters. The van der Waals surface area contributed by atoms with Crippen LogP contribution in [0.15, 0.2) is 28.7 Å². The second-order valence-electron chi connectivity index (χ2n) is 8.24. The highest BCUT2D eigenvalue weighted by Crippen LogP contribution is 2.45. The summed E-state index contributed by atoms with van der Waals surface area (Å²) in [6.07, 6.45) is 7.89. The van der Waals surface area contributed by atoms with Gasteiger partial charge in [-0.2, -0.15) is 0 Å². The second-order valence-corrected chi connectivity index (χ2v) is 12.7. The van der Waals surface area contributed by atoms with Crippen molar-refractivity contribution in [1.82, 2.24) is 9.21 Å². The topological polar surface area (TPSA) is 57.7 Å². The Morgan fingerprint density at radius 3 is 2.33 bits per heavy atom. The van der Waals surface area contributed by atoms with Crippen molar-refractivity contribution >= 4 is 43.6 Å². The Hall–Kier alpha value is -0.570. The standard InChI is InChI=1S/C22H33BrN2O3S2/c1-2-3-4-5-6-7-18-30(27,28)24-14-12-22(13-15-24)25(16-17-29-22)21(26)19-8-10-20(23)11-9-19/h8-11H,2-7,12-18H2,1H3. The minimum atomic E-state index is -3.20. The fourth-order valence-electron chi connectivity index (χ4n) is 4.37. The quantitative estimate of drug-likeness (QED) is 0.427. The molecule has 1 spiro atoms. The molecule has 0 N–H and O–H groups in total. The fraction of sp³-hybridized carbons (Fsp3) is 0.682. The van der Waals surface area contributed by atoms with Crippen molar-refractivity contribution in [2.24, 2.45) is 0 Å². The van der Waals surface area contributed by atoms with E-state index in [1.165, 1.54) is 19.3 Å². The molecule has 2 heterocycles. The number of unbranched alkanes of at least 4 members (excludes halogenated alkanes) is 5. The van der Waals surface area contributed by atoms with Gasteiger partial charge in [0, 0.05) is 35.4 Å². The number of thioether (sulfide) groups is 1. The molecule has 0 unspecified atom stereocenters. The number of carbonyl (C=O) groups excluding carboxylic acids is 1. The van der Waals surface area contributed by atoms with Crippen molar-refractivity contribution in [1.29, 1.82) is 0 Å². The van der Waals surface area contributed by atoms with Crippen LogP contribution in [0.2, 0.25) is 0 Å². The van der Waals surface area contributed by atoms with Crippen molar-refractivity contribution < 1.29 is 13.2 Å². The van der Waals surface area contributed by atoms with Gasteiger partial charge in [-0.05, 0) is 43.5 Å². The average molecular weight is 518 g/mol. The van der Waals surface area contributed by atoms with Gasteiger partial charge in [-0.3, -0.25) is 4.79 Å². The van der Waals surface area contributed by atoms with Crippen molar-refractivity contribution in [2.75, 3.05) is 31.1 Å². The number of rotatable bonds is 9. The largest absolute Gasteiger partial charge is 0.323 e. The van der Waals surface area contributed by atoms with E-state index in [1.807, 2.05) is 40.9 Å². The van der Waals surface area contributed by atoms with E-state index in [2.05, 4.69) is 22.9 Å². The molecule has 0 bridgehead atoms. The normalized spacial score (nSPS) is 19.5. The summed E-state index contributed by atoms with van der Waals surface area (Å²) in [5, 5.41) is 0. The van der Waals surface area contributed by atoms with Gasteiger partial charge in [0.15, 0.2) is 0 Å². The molecule has 1 aromatic rings. The van der Waals surface area contributed by atoms with E-state index >= 15 is 0 Å². The van der Waals surface area contributed by atoms with E-state index in [4.69, 9.17) is 0 Å². The van der Waals surface area contributed by atoms with Crippen molar-refractivity contribution in [3.8, 4) is 0 Å². The zero-order valence-corrected chi connectivity index (χ0v) is 21.0. The van der Waals surface area contributed by atoms with Crippen molar-refractivity contribution in [3.05, 3.63) is 34.3 Å². The molecule has 2 fully saturated rings. The lowest BCUT2D eigenvalue weighted by molar-refractivity contribution is 0.0605. The van der Waals surface area contributed by atoms with Crippen LogP contribution < -0.4 is 0 Å². The molecular formula is C22H33BrN2O3S2. The maximum absolute atomic E-state index is 13.1. The molecule has 2 saturated heterocycles. The summed E-state index contributed by atoms with van der Waals surface area (Å²) >= 11 is 5.23. The highest BCUT2D eigenvalue weighted by atomic mass is 79.9. The third-order valence-corrected chi connectivity index (χ3v) is 10.2. The van der Waals surface area contributed by atoms with Gasteiger partial charge in [0.05, 0.1) is 10.6 Å². The lowest BCUT2D eigenvalue weighted by Crippen LogP contribution is -2.53. The summed E-state index contributed by atoms with van der Waals surface area (Å²) in [6, 6.07) is 7.48. The van der Waals surface area contributed by atoms with E-state index in [9.17, 15) is 13.2 Å². The smallest absolute Gasteiger partial charge is 0.254 e. The van der Waals surface area contributed by atoms with Crippen LogP contribution in [0, 0.1) is 0 Å². The SMILES string of the molecule is CCCCCCCCS(=O)(=O)N1CCC2(CC1)SCCN2C(=O)c1ccc(Br)cc1. The molecule has 2 aliphatic heterocycles. The monoisotopic (exact) mass is 516 g/mol. The number of piperidine rings is 1. The Morgan fingerprint density at radius 1 is 1.03 bits per heavy atom. The zero-order valence-electron chi connectivity index (χ0n) is 17.8. The van der Waals surface area contributed by atoms with Gasteiger partial charge in [-0.1, -0.05) is 55.0 Å². The molecule has 0 radical (unpaired) electrons. The number of nitrogens with zero attached hydrogens (tertiary/aromatic N) is 2. The predicted molar refractivity (Wildman–Crippen MR) is 128 cm³/mol. The molecule has 0 aliphatic carbocycles. The van der Waals surface area contributed by atoms with Gasteiger partial charge in [-0.15, -0.1) is 11.8 Å². The van der Waals surface area contributed by atoms with Crippen LogP contribution in [0.5, 0.6) is 0 Å². The second kappa shape index (κ2) is 10.8. The Bertz CT molecular complexity index is 806. The minimum absolute atomic E-state index is 0.0517. The van der Waals surface area contributed by atoms with Crippen LogP contribution >= 0.6 is 27.7 Å². The number of carbonyl (C=O) groups is 1. The number of halogens is 1. The number of hydrogen-bond donors (Lipinski definition) is 0. The Labute approximate surface area is 194 Å². The highest BCUT2D eigenvalue weighted by Gasteiger charge is 2.47. The first kappa shape index (κ1) is 24.1. The molecule has 2 aliphatic rings. The Kier molecular flexibility index (Phi) is 8.70. The molecule has 3 rings (SSSR count). The van der Waals surface area contributed by atoms with Crippen LogP contribution in [0.3, 0.4) is 0 Å². The van der Waals surface area contributed by atoms with Gasteiger partial charge in [0.1, 0.15) is 0 Å². The average Bonchev–Trinajstić information content (AvgIpc) is 3.13. The lowest BCUT2D eigenvalue weighted by Gasteiger charge is -2.43.